The molecule has 1 atom stereocenters. The summed E-state index contributed by atoms with van der Waals surface area (Å²) in [4.78, 5) is 5.95. The molecule has 1 saturated carbocycles. The fraction of sp³-hybridized carbons (Fsp3) is 0.500. The van der Waals surface area contributed by atoms with E-state index in [2.05, 4.69) is 46.6 Å². The van der Waals surface area contributed by atoms with Crippen LogP contribution in [-0.4, -0.2) is 19.0 Å². The van der Waals surface area contributed by atoms with Crippen LogP contribution in [0, 0.1) is 5.92 Å². The number of guanidine groups is 1. The number of aliphatic imine (C=N–C) groups is 1. The number of hydrogen-bond acceptors (Lipinski definition) is 2. The minimum atomic E-state index is 0.292. The van der Waals surface area contributed by atoms with Gasteiger partial charge in [-0.1, -0.05) is 12.1 Å². The average Bonchev–Trinajstić information content (AvgIpc) is 3.03. The van der Waals surface area contributed by atoms with Gasteiger partial charge in [0.25, 0.3) is 0 Å². The van der Waals surface area contributed by atoms with Crippen molar-refractivity contribution in [1.29, 1.82) is 0 Å². The molecule has 1 aromatic heterocycles. The molecule has 0 aromatic carbocycles. The molecular formula is C14H21N3S. The lowest BCUT2D eigenvalue weighted by Gasteiger charge is -2.16. The summed E-state index contributed by atoms with van der Waals surface area (Å²) < 4.78 is 0. The minimum absolute atomic E-state index is 0.292. The molecule has 18 heavy (non-hydrogen) atoms. The van der Waals surface area contributed by atoms with Crippen molar-refractivity contribution in [3.8, 4) is 0 Å². The smallest absolute Gasteiger partial charge is 0.192 e. The Bertz CT molecular complexity index is 393. The molecule has 0 amide bonds. The Morgan fingerprint density at radius 3 is 3.11 bits per heavy atom. The van der Waals surface area contributed by atoms with Crippen molar-refractivity contribution < 1.29 is 0 Å². The molecule has 0 radical (unpaired) electrons. The summed E-state index contributed by atoms with van der Waals surface area (Å²) in [5.74, 6) is 1.70. The molecule has 0 aliphatic heterocycles. The largest absolute Gasteiger partial charge is 0.353 e. The van der Waals surface area contributed by atoms with E-state index in [0.29, 0.717) is 6.04 Å². The van der Waals surface area contributed by atoms with Gasteiger partial charge >= 0.3 is 0 Å². The topological polar surface area (TPSA) is 36.4 Å². The maximum Gasteiger partial charge on any atom is 0.192 e. The van der Waals surface area contributed by atoms with Crippen molar-refractivity contribution in [2.75, 3.05) is 13.1 Å². The van der Waals surface area contributed by atoms with Crippen LogP contribution in [0.25, 0.3) is 0 Å². The second-order valence-corrected chi connectivity index (χ2v) is 5.66. The number of hydrogen-bond donors (Lipinski definition) is 2. The number of nitrogens with zero attached hydrogens (tertiary/aromatic N) is 1. The predicted octanol–water partition coefficient (Wildman–Crippen LogP) is 2.94. The summed E-state index contributed by atoms with van der Waals surface area (Å²) in [7, 11) is 0. The molecule has 1 unspecified atom stereocenters. The zero-order valence-corrected chi connectivity index (χ0v) is 11.7. The SMILES string of the molecule is C=CCNC(=NCC1CC1)NC(C)c1cccs1. The third-order valence-electron chi connectivity index (χ3n) is 2.94. The Labute approximate surface area is 113 Å². The maximum atomic E-state index is 4.62. The summed E-state index contributed by atoms with van der Waals surface area (Å²) in [5.41, 5.74) is 0. The van der Waals surface area contributed by atoms with Gasteiger partial charge in [0.1, 0.15) is 0 Å². The Morgan fingerprint density at radius 2 is 2.50 bits per heavy atom. The van der Waals surface area contributed by atoms with Crippen molar-refractivity contribution in [2.45, 2.75) is 25.8 Å². The van der Waals surface area contributed by atoms with E-state index in [4.69, 9.17) is 0 Å². The molecule has 0 bridgehead atoms. The maximum absolute atomic E-state index is 4.62. The van der Waals surface area contributed by atoms with Gasteiger partial charge in [0.15, 0.2) is 5.96 Å². The van der Waals surface area contributed by atoms with Gasteiger partial charge in [-0.3, -0.25) is 4.99 Å². The summed E-state index contributed by atoms with van der Waals surface area (Å²) in [6.45, 7) is 7.56. The molecule has 1 aliphatic rings. The predicted molar refractivity (Wildman–Crippen MR) is 79.1 cm³/mol. The van der Waals surface area contributed by atoms with E-state index in [0.717, 1.165) is 25.0 Å². The molecule has 3 nitrogen and oxygen atoms in total. The van der Waals surface area contributed by atoms with Gasteiger partial charge in [-0.05, 0) is 37.1 Å². The van der Waals surface area contributed by atoms with Crippen molar-refractivity contribution in [1.82, 2.24) is 10.6 Å². The molecule has 2 N–H and O–H groups in total. The molecule has 0 spiro atoms. The lowest BCUT2D eigenvalue weighted by Crippen LogP contribution is -2.38. The van der Waals surface area contributed by atoms with Crippen LogP contribution in [0.4, 0.5) is 0 Å². The van der Waals surface area contributed by atoms with E-state index >= 15 is 0 Å². The highest BCUT2D eigenvalue weighted by Gasteiger charge is 2.20. The first-order valence-corrected chi connectivity index (χ1v) is 7.36. The van der Waals surface area contributed by atoms with Crippen molar-refractivity contribution >= 4 is 17.3 Å². The van der Waals surface area contributed by atoms with Crippen LogP contribution >= 0.6 is 11.3 Å². The Morgan fingerprint density at radius 1 is 1.67 bits per heavy atom. The van der Waals surface area contributed by atoms with Crippen LogP contribution in [-0.2, 0) is 0 Å². The van der Waals surface area contributed by atoms with Crippen molar-refractivity contribution in [2.24, 2.45) is 10.9 Å². The molecule has 1 aromatic rings. The van der Waals surface area contributed by atoms with Crippen molar-refractivity contribution in [3.05, 3.63) is 35.0 Å². The molecule has 1 heterocycles. The van der Waals surface area contributed by atoms with E-state index in [1.54, 1.807) is 11.3 Å². The number of nitrogens with one attached hydrogen (secondary N) is 2. The van der Waals surface area contributed by atoms with Crippen LogP contribution < -0.4 is 10.6 Å². The standard InChI is InChI=1S/C14H21N3S/c1-3-8-15-14(16-10-12-6-7-12)17-11(2)13-5-4-9-18-13/h3-5,9,11-12H,1,6-8,10H2,2H3,(H2,15,16,17). The Kier molecular flexibility index (Phi) is 4.81. The van der Waals surface area contributed by atoms with Crippen LogP contribution in [0.3, 0.4) is 0 Å². The highest BCUT2D eigenvalue weighted by Crippen LogP contribution is 2.28. The van der Waals surface area contributed by atoms with E-state index in [1.807, 2.05) is 6.08 Å². The summed E-state index contributed by atoms with van der Waals surface area (Å²) in [5, 5.41) is 8.81. The number of thiophene rings is 1. The Balaban J connectivity index is 1.90. The first kappa shape index (κ1) is 13.1. The third-order valence-corrected chi connectivity index (χ3v) is 4.00. The average molecular weight is 263 g/mol. The first-order chi connectivity index (χ1) is 8.79. The highest BCUT2D eigenvalue weighted by molar-refractivity contribution is 7.10. The summed E-state index contributed by atoms with van der Waals surface area (Å²) >= 11 is 1.77. The second-order valence-electron chi connectivity index (χ2n) is 4.68. The van der Waals surface area contributed by atoms with Gasteiger partial charge in [0.05, 0.1) is 6.04 Å². The van der Waals surface area contributed by atoms with Gasteiger partial charge in [0.2, 0.25) is 0 Å². The van der Waals surface area contributed by atoms with Crippen LogP contribution in [0.1, 0.15) is 30.7 Å². The van der Waals surface area contributed by atoms with Gasteiger partial charge in [-0.25, -0.2) is 0 Å². The van der Waals surface area contributed by atoms with E-state index in [1.165, 1.54) is 17.7 Å². The van der Waals surface area contributed by atoms with Crippen LogP contribution in [0.5, 0.6) is 0 Å². The minimum Gasteiger partial charge on any atom is -0.353 e. The fourth-order valence-corrected chi connectivity index (χ4v) is 2.39. The molecular weight excluding hydrogens is 242 g/mol. The lowest BCUT2D eigenvalue weighted by molar-refractivity contribution is 0.697. The van der Waals surface area contributed by atoms with Gasteiger partial charge in [-0.15, -0.1) is 17.9 Å². The van der Waals surface area contributed by atoms with Gasteiger partial charge in [-0.2, -0.15) is 0 Å². The van der Waals surface area contributed by atoms with E-state index < -0.39 is 0 Å². The van der Waals surface area contributed by atoms with Crippen molar-refractivity contribution in [3.63, 3.8) is 0 Å². The molecule has 0 saturated heterocycles. The Hall–Kier alpha value is -1.29. The monoisotopic (exact) mass is 263 g/mol. The van der Waals surface area contributed by atoms with E-state index in [9.17, 15) is 0 Å². The second kappa shape index (κ2) is 6.59. The van der Waals surface area contributed by atoms with Crippen LogP contribution in [0.2, 0.25) is 0 Å². The third kappa shape index (κ3) is 4.18. The zero-order valence-electron chi connectivity index (χ0n) is 10.9. The number of rotatable bonds is 6. The van der Waals surface area contributed by atoms with E-state index in [-0.39, 0.29) is 0 Å². The molecule has 4 heteroatoms. The van der Waals surface area contributed by atoms with Crippen LogP contribution in [0.15, 0.2) is 35.2 Å². The molecule has 98 valence electrons. The summed E-state index contributed by atoms with van der Waals surface area (Å²) in [6.07, 6.45) is 4.52. The fourth-order valence-electron chi connectivity index (χ4n) is 1.66. The normalized spacial score (nSPS) is 17.3. The van der Waals surface area contributed by atoms with Gasteiger partial charge < -0.3 is 10.6 Å². The molecule has 1 aliphatic carbocycles. The quantitative estimate of drug-likeness (QED) is 0.470. The zero-order chi connectivity index (χ0) is 12.8. The highest BCUT2D eigenvalue weighted by atomic mass is 32.1. The first-order valence-electron chi connectivity index (χ1n) is 6.48. The lowest BCUT2D eigenvalue weighted by atomic mass is 10.3. The molecule has 2 rings (SSSR count). The molecule has 1 fully saturated rings. The summed E-state index contributed by atoms with van der Waals surface area (Å²) in [6, 6.07) is 4.52. The van der Waals surface area contributed by atoms with Gasteiger partial charge in [0, 0.05) is 18.0 Å².